The molecule has 1 aliphatic rings. The van der Waals surface area contributed by atoms with Gasteiger partial charge in [0.2, 0.25) is 0 Å². The number of hydrogen-bond donors (Lipinski definition) is 1. The van der Waals surface area contributed by atoms with E-state index in [0.717, 1.165) is 41.7 Å². The number of halogens is 2. The summed E-state index contributed by atoms with van der Waals surface area (Å²) in [5.41, 5.74) is 2.20. The van der Waals surface area contributed by atoms with Crippen LogP contribution in [0.1, 0.15) is 24.2 Å². The highest BCUT2D eigenvalue weighted by Crippen LogP contribution is 2.21. The van der Waals surface area contributed by atoms with Crippen LogP contribution in [0.15, 0.2) is 41.7 Å². The molecule has 1 N–H and O–H groups in total. The molecule has 3 rings (SSSR count). The Labute approximate surface area is 194 Å². The molecule has 1 atom stereocenters. The second-order valence-corrected chi connectivity index (χ2v) is 7.10. The Morgan fingerprint density at radius 3 is 2.86 bits per heavy atom. The van der Waals surface area contributed by atoms with Crippen molar-refractivity contribution in [2.45, 2.75) is 19.6 Å². The van der Waals surface area contributed by atoms with E-state index >= 15 is 0 Å². The molecule has 1 fully saturated rings. The van der Waals surface area contributed by atoms with Crippen molar-refractivity contribution in [2.24, 2.45) is 12.0 Å². The number of nitrogens with zero attached hydrogens (tertiary/aromatic N) is 4. The lowest BCUT2D eigenvalue weighted by atomic mass is 10.1. The first kappa shape index (κ1) is 23.9. The van der Waals surface area contributed by atoms with Crippen molar-refractivity contribution in [2.75, 3.05) is 39.4 Å². The molecule has 0 amide bonds. The Morgan fingerprint density at radius 1 is 1.38 bits per heavy atom. The van der Waals surface area contributed by atoms with Crippen LogP contribution in [0, 0.1) is 0 Å². The van der Waals surface area contributed by atoms with Crippen molar-refractivity contribution in [3.05, 3.63) is 52.8 Å². The van der Waals surface area contributed by atoms with Crippen molar-refractivity contribution in [3.8, 4) is 0 Å². The Hall–Kier alpha value is -1.36. The number of nitrogens with one attached hydrogen (secondary N) is 1. The Bertz CT molecular complexity index is 768. The van der Waals surface area contributed by atoms with E-state index in [9.17, 15) is 0 Å². The largest absolute Gasteiger partial charge is 0.375 e. The zero-order valence-corrected chi connectivity index (χ0v) is 20.0. The summed E-state index contributed by atoms with van der Waals surface area (Å²) in [6.45, 7) is 6.85. The van der Waals surface area contributed by atoms with Gasteiger partial charge in [0, 0.05) is 36.9 Å². The predicted molar refractivity (Wildman–Crippen MR) is 126 cm³/mol. The number of benzene rings is 1. The maximum atomic E-state index is 5.92. The molecule has 0 spiro atoms. The smallest absolute Gasteiger partial charge is 0.194 e. The van der Waals surface area contributed by atoms with E-state index in [0.29, 0.717) is 26.4 Å². The minimum Gasteiger partial charge on any atom is -0.375 e. The highest BCUT2D eigenvalue weighted by molar-refractivity contribution is 14.0. The molecule has 9 heteroatoms. The third kappa shape index (κ3) is 7.44. The number of rotatable bonds is 7. The zero-order chi connectivity index (χ0) is 19.8. The van der Waals surface area contributed by atoms with Crippen LogP contribution in [0.25, 0.3) is 0 Å². The molecular formula is C20H29ClIN5O2. The molecule has 0 bridgehead atoms. The van der Waals surface area contributed by atoms with E-state index in [-0.39, 0.29) is 30.1 Å². The van der Waals surface area contributed by atoms with E-state index in [4.69, 9.17) is 26.1 Å². The number of guanidine groups is 1. The van der Waals surface area contributed by atoms with Crippen LogP contribution in [-0.2, 0) is 23.1 Å². The molecule has 0 radical (unpaired) electrons. The molecule has 29 heavy (non-hydrogen) atoms. The molecule has 1 unspecified atom stereocenters. The first-order chi connectivity index (χ1) is 13.7. The summed E-state index contributed by atoms with van der Waals surface area (Å²) >= 11 is 5.90. The SMILES string of the molecule is CCNC(=NCCOCc1ccc(Cl)cc1)N1CCOC(c2cnn(C)c2)C1.I. The van der Waals surface area contributed by atoms with Crippen LogP contribution in [0.3, 0.4) is 0 Å². The van der Waals surface area contributed by atoms with Gasteiger partial charge in [0.15, 0.2) is 5.96 Å². The Morgan fingerprint density at radius 2 is 2.17 bits per heavy atom. The maximum absolute atomic E-state index is 5.92. The number of morpholine rings is 1. The summed E-state index contributed by atoms with van der Waals surface area (Å²) < 4.78 is 13.5. The van der Waals surface area contributed by atoms with Gasteiger partial charge in [0.1, 0.15) is 6.10 Å². The van der Waals surface area contributed by atoms with Gasteiger partial charge in [-0.25, -0.2) is 0 Å². The van der Waals surface area contributed by atoms with Crippen molar-refractivity contribution >= 4 is 41.5 Å². The van der Waals surface area contributed by atoms with Gasteiger partial charge in [-0.2, -0.15) is 5.10 Å². The lowest BCUT2D eigenvalue weighted by Gasteiger charge is -2.34. The van der Waals surface area contributed by atoms with Crippen LogP contribution >= 0.6 is 35.6 Å². The van der Waals surface area contributed by atoms with Gasteiger partial charge in [-0.1, -0.05) is 23.7 Å². The van der Waals surface area contributed by atoms with E-state index in [2.05, 4.69) is 22.2 Å². The fourth-order valence-electron chi connectivity index (χ4n) is 3.06. The van der Waals surface area contributed by atoms with Crippen LogP contribution in [0.2, 0.25) is 5.02 Å². The maximum Gasteiger partial charge on any atom is 0.194 e. The summed E-state index contributed by atoms with van der Waals surface area (Å²) in [5, 5.41) is 8.35. The molecule has 2 aromatic rings. The second kappa shape index (κ2) is 12.4. The number of aliphatic imine (C=N–C) groups is 1. The lowest BCUT2D eigenvalue weighted by molar-refractivity contribution is -0.00809. The summed E-state index contributed by atoms with van der Waals surface area (Å²) in [5.74, 6) is 0.898. The second-order valence-electron chi connectivity index (χ2n) is 6.67. The molecular weight excluding hydrogens is 505 g/mol. The van der Waals surface area contributed by atoms with Crippen LogP contribution in [0.5, 0.6) is 0 Å². The average Bonchev–Trinajstić information content (AvgIpc) is 3.15. The minimum absolute atomic E-state index is 0. The predicted octanol–water partition coefficient (Wildman–Crippen LogP) is 3.25. The van der Waals surface area contributed by atoms with Crippen LogP contribution in [0.4, 0.5) is 0 Å². The van der Waals surface area contributed by atoms with E-state index in [1.807, 2.05) is 43.7 Å². The monoisotopic (exact) mass is 533 g/mol. The highest BCUT2D eigenvalue weighted by Gasteiger charge is 2.25. The zero-order valence-electron chi connectivity index (χ0n) is 16.9. The molecule has 7 nitrogen and oxygen atoms in total. The fourth-order valence-corrected chi connectivity index (χ4v) is 3.19. The summed E-state index contributed by atoms with van der Waals surface area (Å²) in [4.78, 5) is 6.96. The van der Waals surface area contributed by atoms with Crippen molar-refractivity contribution < 1.29 is 9.47 Å². The molecule has 1 aliphatic heterocycles. The van der Waals surface area contributed by atoms with E-state index in [1.165, 1.54) is 0 Å². The lowest BCUT2D eigenvalue weighted by Crippen LogP contribution is -2.48. The molecule has 1 aromatic carbocycles. The van der Waals surface area contributed by atoms with Gasteiger partial charge in [-0.3, -0.25) is 9.67 Å². The van der Waals surface area contributed by atoms with Crippen molar-refractivity contribution in [1.29, 1.82) is 0 Å². The molecule has 2 heterocycles. The molecule has 1 saturated heterocycles. The average molecular weight is 534 g/mol. The van der Waals surface area contributed by atoms with Crippen LogP contribution in [-0.4, -0.2) is 60.0 Å². The summed E-state index contributed by atoms with van der Waals surface area (Å²) in [7, 11) is 1.92. The standard InChI is InChI=1S/C20H28ClN5O2.HI/c1-3-22-20(23-8-10-27-15-16-4-6-18(21)7-5-16)26-9-11-28-19(14-26)17-12-24-25(2)13-17;/h4-7,12-13,19H,3,8-11,14-15H2,1-2H3,(H,22,23);1H. The van der Waals surface area contributed by atoms with Gasteiger partial charge in [0.25, 0.3) is 0 Å². The fraction of sp³-hybridized carbons (Fsp3) is 0.500. The van der Waals surface area contributed by atoms with Gasteiger partial charge >= 0.3 is 0 Å². The Balaban J connectivity index is 0.00000300. The van der Waals surface area contributed by atoms with Crippen LogP contribution < -0.4 is 5.32 Å². The van der Waals surface area contributed by atoms with Gasteiger partial charge in [0.05, 0.1) is 39.1 Å². The van der Waals surface area contributed by atoms with Gasteiger partial charge < -0.3 is 19.7 Å². The highest BCUT2D eigenvalue weighted by atomic mass is 127. The quantitative estimate of drug-likeness (QED) is 0.256. The molecule has 0 aliphatic carbocycles. The number of aromatic nitrogens is 2. The van der Waals surface area contributed by atoms with E-state index < -0.39 is 0 Å². The Kier molecular flexibility index (Phi) is 10.2. The molecule has 1 aromatic heterocycles. The number of aryl methyl sites for hydroxylation is 1. The molecule has 160 valence electrons. The number of ether oxygens (including phenoxy) is 2. The molecule has 0 saturated carbocycles. The van der Waals surface area contributed by atoms with Crippen molar-refractivity contribution in [1.82, 2.24) is 20.0 Å². The van der Waals surface area contributed by atoms with Gasteiger partial charge in [-0.05, 0) is 24.6 Å². The summed E-state index contributed by atoms with van der Waals surface area (Å²) in [6.07, 6.45) is 3.87. The van der Waals surface area contributed by atoms with Crippen molar-refractivity contribution in [3.63, 3.8) is 0 Å². The topological polar surface area (TPSA) is 63.9 Å². The first-order valence-electron chi connectivity index (χ1n) is 9.61. The minimum atomic E-state index is 0. The van der Waals surface area contributed by atoms with E-state index in [1.54, 1.807) is 4.68 Å². The third-order valence-corrected chi connectivity index (χ3v) is 4.73. The number of hydrogen-bond acceptors (Lipinski definition) is 4. The van der Waals surface area contributed by atoms with Gasteiger partial charge in [-0.15, -0.1) is 24.0 Å². The normalized spacial score (nSPS) is 17.1. The summed E-state index contributed by atoms with van der Waals surface area (Å²) in [6, 6.07) is 7.70. The third-order valence-electron chi connectivity index (χ3n) is 4.48. The first-order valence-corrected chi connectivity index (χ1v) is 9.99.